The molecule has 1 saturated carbocycles. The molecule has 3 aromatic rings. The van der Waals surface area contributed by atoms with Crippen LogP contribution in [-0.4, -0.2) is 31.7 Å². The maximum atomic E-state index is 13.0. The summed E-state index contributed by atoms with van der Waals surface area (Å²) in [5.41, 5.74) is 3.11. The van der Waals surface area contributed by atoms with E-state index in [9.17, 15) is 4.79 Å². The number of carbonyl (C=O) groups excluding carboxylic acids is 1. The molecule has 0 spiro atoms. The maximum Gasteiger partial charge on any atom is 0.255 e. The van der Waals surface area contributed by atoms with Gasteiger partial charge in [0.15, 0.2) is 5.65 Å². The summed E-state index contributed by atoms with van der Waals surface area (Å²) in [6.45, 7) is 5.16. The molecule has 3 aromatic heterocycles. The molecular formula is C20H26N6OS. The van der Waals surface area contributed by atoms with E-state index in [1.54, 1.807) is 17.5 Å². The number of aryl methyl sites for hydroxylation is 2. The van der Waals surface area contributed by atoms with Crippen LogP contribution in [0.4, 0.5) is 5.69 Å². The van der Waals surface area contributed by atoms with Crippen LogP contribution in [0.5, 0.6) is 0 Å². The number of nitrogens with one attached hydrogen (secondary N) is 2. The molecule has 0 aliphatic heterocycles. The minimum atomic E-state index is -0.136. The average Bonchev–Trinajstić information content (AvgIpc) is 3.33. The van der Waals surface area contributed by atoms with Crippen LogP contribution in [0.1, 0.15) is 60.1 Å². The van der Waals surface area contributed by atoms with Crippen molar-refractivity contribution in [1.82, 2.24) is 25.1 Å². The molecule has 0 radical (unpaired) electrons. The van der Waals surface area contributed by atoms with Crippen molar-refractivity contribution in [3.63, 3.8) is 0 Å². The fraction of sp³-hybridized carbons (Fsp3) is 0.500. The summed E-state index contributed by atoms with van der Waals surface area (Å²) in [6.07, 6.45) is 9.49. The smallest absolute Gasteiger partial charge is 0.255 e. The summed E-state index contributed by atoms with van der Waals surface area (Å²) in [5.74, 6) is -0.136. The van der Waals surface area contributed by atoms with E-state index < -0.39 is 0 Å². The Labute approximate surface area is 168 Å². The summed E-state index contributed by atoms with van der Waals surface area (Å²) in [5, 5.41) is 15.0. The maximum absolute atomic E-state index is 13.0. The number of anilines is 1. The van der Waals surface area contributed by atoms with Gasteiger partial charge in [0.25, 0.3) is 5.91 Å². The highest BCUT2D eigenvalue weighted by molar-refractivity contribution is 7.09. The minimum absolute atomic E-state index is 0.136. The molecule has 0 saturated heterocycles. The number of carbonyl (C=O) groups is 1. The highest BCUT2D eigenvalue weighted by atomic mass is 32.1. The summed E-state index contributed by atoms with van der Waals surface area (Å²) < 4.78 is 1.86. The van der Waals surface area contributed by atoms with Gasteiger partial charge in [-0.05, 0) is 26.7 Å². The van der Waals surface area contributed by atoms with Gasteiger partial charge >= 0.3 is 0 Å². The predicted octanol–water partition coefficient (Wildman–Crippen LogP) is 3.89. The van der Waals surface area contributed by atoms with Gasteiger partial charge in [0, 0.05) is 24.2 Å². The Morgan fingerprint density at radius 2 is 2.11 bits per heavy atom. The molecule has 2 N–H and O–H groups in total. The van der Waals surface area contributed by atoms with Gasteiger partial charge < -0.3 is 10.6 Å². The van der Waals surface area contributed by atoms with Gasteiger partial charge in [-0.1, -0.05) is 19.3 Å². The Bertz CT molecular complexity index is 972. The van der Waals surface area contributed by atoms with Crippen LogP contribution in [-0.2, 0) is 13.1 Å². The highest BCUT2D eigenvalue weighted by Crippen LogP contribution is 2.30. The fourth-order valence-corrected chi connectivity index (χ4v) is 4.40. The third-order valence-corrected chi connectivity index (χ3v) is 6.08. The van der Waals surface area contributed by atoms with Gasteiger partial charge in [-0.25, -0.2) is 14.6 Å². The first kappa shape index (κ1) is 18.9. The van der Waals surface area contributed by atoms with Crippen LogP contribution in [0.25, 0.3) is 11.0 Å². The van der Waals surface area contributed by atoms with Gasteiger partial charge in [0.2, 0.25) is 0 Å². The van der Waals surface area contributed by atoms with E-state index in [0.717, 1.165) is 46.8 Å². The third-order valence-electron chi connectivity index (χ3n) is 5.26. The van der Waals surface area contributed by atoms with Gasteiger partial charge in [0.1, 0.15) is 0 Å². The number of pyridine rings is 1. The lowest BCUT2D eigenvalue weighted by Gasteiger charge is -2.25. The number of fused-ring (bicyclic) bond motifs is 1. The van der Waals surface area contributed by atoms with E-state index in [1.165, 1.54) is 19.3 Å². The lowest BCUT2D eigenvalue weighted by Crippen LogP contribution is -2.27. The van der Waals surface area contributed by atoms with E-state index in [4.69, 9.17) is 0 Å². The molecule has 148 valence electrons. The zero-order chi connectivity index (χ0) is 19.5. The second-order valence-electron chi connectivity index (χ2n) is 7.26. The van der Waals surface area contributed by atoms with Crippen LogP contribution < -0.4 is 10.6 Å². The molecule has 4 rings (SSSR count). The van der Waals surface area contributed by atoms with Gasteiger partial charge in [-0.15, -0.1) is 11.3 Å². The van der Waals surface area contributed by atoms with Crippen molar-refractivity contribution in [3.05, 3.63) is 34.0 Å². The number of amides is 1. The number of nitrogens with zero attached hydrogens (tertiary/aromatic N) is 4. The van der Waals surface area contributed by atoms with E-state index in [0.29, 0.717) is 18.2 Å². The average molecular weight is 399 g/mol. The largest absolute Gasteiger partial charge is 0.381 e. The lowest BCUT2D eigenvalue weighted by atomic mass is 9.95. The Hall–Kier alpha value is -2.48. The van der Waals surface area contributed by atoms with E-state index >= 15 is 0 Å². The van der Waals surface area contributed by atoms with Crippen molar-refractivity contribution in [1.29, 1.82) is 0 Å². The highest BCUT2D eigenvalue weighted by Gasteiger charge is 2.21. The second-order valence-corrected chi connectivity index (χ2v) is 8.33. The molecule has 8 heteroatoms. The molecule has 0 bridgehead atoms. The van der Waals surface area contributed by atoms with Crippen molar-refractivity contribution < 1.29 is 4.79 Å². The van der Waals surface area contributed by atoms with Crippen molar-refractivity contribution in [3.8, 4) is 0 Å². The van der Waals surface area contributed by atoms with Crippen LogP contribution in [0.3, 0.4) is 0 Å². The van der Waals surface area contributed by atoms with E-state index in [-0.39, 0.29) is 5.91 Å². The lowest BCUT2D eigenvalue weighted by molar-refractivity contribution is 0.0951. The van der Waals surface area contributed by atoms with Crippen molar-refractivity contribution in [2.75, 3.05) is 5.32 Å². The van der Waals surface area contributed by atoms with Gasteiger partial charge in [-0.2, -0.15) is 5.10 Å². The Morgan fingerprint density at radius 1 is 1.29 bits per heavy atom. The molecule has 1 aliphatic rings. The Morgan fingerprint density at radius 3 is 2.82 bits per heavy atom. The fourth-order valence-electron chi connectivity index (χ4n) is 3.79. The Balaban J connectivity index is 1.63. The first-order chi connectivity index (χ1) is 13.7. The molecule has 1 amide bonds. The molecule has 0 aromatic carbocycles. The SMILES string of the molecule is CCn1ncc2c(NC3CCCCC3)c(C(=O)NCc3csc(C)n3)cnc21. The number of hydrogen-bond donors (Lipinski definition) is 2. The van der Waals surface area contributed by atoms with E-state index in [2.05, 4.69) is 25.7 Å². The molecule has 1 fully saturated rings. The third kappa shape index (κ3) is 3.87. The number of thiazole rings is 1. The summed E-state index contributed by atoms with van der Waals surface area (Å²) in [6, 6.07) is 0.386. The number of aromatic nitrogens is 4. The first-order valence-electron chi connectivity index (χ1n) is 9.96. The summed E-state index contributed by atoms with van der Waals surface area (Å²) in [4.78, 5) is 21.9. The number of hydrogen-bond acceptors (Lipinski definition) is 6. The molecule has 0 unspecified atom stereocenters. The number of rotatable bonds is 6. The molecule has 3 heterocycles. The second kappa shape index (κ2) is 8.26. The summed E-state index contributed by atoms with van der Waals surface area (Å²) >= 11 is 1.59. The Kier molecular flexibility index (Phi) is 5.57. The standard InChI is InChI=1S/C20H26N6OS/c1-3-26-19-16(11-23-26)18(25-14-7-5-4-6-8-14)17(10-21-19)20(27)22-9-15-12-28-13(2)24-15/h10-12,14H,3-9H2,1-2H3,(H,21,25)(H,22,27). The monoisotopic (exact) mass is 398 g/mol. The van der Waals surface area contributed by atoms with Gasteiger partial charge in [0.05, 0.1) is 40.1 Å². The molecule has 28 heavy (non-hydrogen) atoms. The zero-order valence-corrected chi connectivity index (χ0v) is 17.2. The molecule has 1 aliphatic carbocycles. The van der Waals surface area contributed by atoms with Crippen LogP contribution >= 0.6 is 11.3 Å². The molecule has 7 nitrogen and oxygen atoms in total. The zero-order valence-electron chi connectivity index (χ0n) is 16.4. The van der Waals surface area contributed by atoms with Crippen LogP contribution in [0.15, 0.2) is 17.8 Å². The summed E-state index contributed by atoms with van der Waals surface area (Å²) in [7, 11) is 0. The predicted molar refractivity (Wildman–Crippen MR) is 112 cm³/mol. The molecular weight excluding hydrogens is 372 g/mol. The minimum Gasteiger partial charge on any atom is -0.381 e. The van der Waals surface area contributed by atoms with Crippen molar-refractivity contribution >= 4 is 34.0 Å². The van der Waals surface area contributed by atoms with Crippen molar-refractivity contribution in [2.45, 2.75) is 65.1 Å². The quantitative estimate of drug-likeness (QED) is 0.658. The van der Waals surface area contributed by atoms with Crippen LogP contribution in [0.2, 0.25) is 0 Å². The normalized spacial score (nSPS) is 15.1. The van der Waals surface area contributed by atoms with E-state index in [1.807, 2.05) is 30.1 Å². The first-order valence-corrected chi connectivity index (χ1v) is 10.8. The van der Waals surface area contributed by atoms with Gasteiger partial charge in [-0.3, -0.25) is 4.79 Å². The van der Waals surface area contributed by atoms with Crippen molar-refractivity contribution in [2.24, 2.45) is 0 Å². The molecule has 0 atom stereocenters. The van der Waals surface area contributed by atoms with Crippen LogP contribution in [0, 0.1) is 6.92 Å². The topological polar surface area (TPSA) is 84.7 Å².